The predicted molar refractivity (Wildman–Crippen MR) is 106 cm³/mol. The summed E-state index contributed by atoms with van der Waals surface area (Å²) in [5.41, 5.74) is 0.374. The minimum absolute atomic E-state index is 0.0750. The molecule has 10 heteroatoms. The highest BCUT2D eigenvalue weighted by Gasteiger charge is 2.39. The number of aromatic nitrogens is 2. The van der Waals surface area contributed by atoms with E-state index in [1.807, 2.05) is 0 Å². The minimum Gasteiger partial charge on any atom is -0.495 e. The first kappa shape index (κ1) is 18.8. The van der Waals surface area contributed by atoms with Gasteiger partial charge >= 0.3 is 0 Å². The van der Waals surface area contributed by atoms with Gasteiger partial charge in [0.2, 0.25) is 11.8 Å². The van der Waals surface area contributed by atoms with Gasteiger partial charge in [0.15, 0.2) is 0 Å². The van der Waals surface area contributed by atoms with Gasteiger partial charge in [0.25, 0.3) is 5.56 Å². The van der Waals surface area contributed by atoms with Crippen LogP contribution in [0.5, 0.6) is 5.75 Å². The van der Waals surface area contributed by atoms with Crippen molar-refractivity contribution in [2.45, 2.75) is 30.3 Å². The Labute approximate surface area is 169 Å². The van der Waals surface area contributed by atoms with Gasteiger partial charge in [0, 0.05) is 11.7 Å². The Morgan fingerprint density at radius 1 is 1.39 bits per heavy atom. The maximum Gasteiger partial charge on any atom is 0.292 e. The van der Waals surface area contributed by atoms with Gasteiger partial charge in [-0.3, -0.25) is 14.4 Å². The molecule has 4 rings (SSSR count). The number of hydrogen-bond acceptors (Lipinski definition) is 6. The van der Waals surface area contributed by atoms with Crippen LogP contribution in [0.3, 0.4) is 0 Å². The fourth-order valence-electron chi connectivity index (χ4n) is 3.04. The van der Waals surface area contributed by atoms with Gasteiger partial charge in [-0.1, -0.05) is 11.6 Å². The lowest BCUT2D eigenvalue weighted by molar-refractivity contribution is -0.117. The average molecular weight is 421 g/mol. The van der Waals surface area contributed by atoms with Crippen molar-refractivity contribution in [3.8, 4) is 5.75 Å². The first-order chi connectivity index (χ1) is 13.5. The van der Waals surface area contributed by atoms with Gasteiger partial charge in [0.1, 0.15) is 18.0 Å². The molecule has 2 amide bonds. The van der Waals surface area contributed by atoms with Crippen molar-refractivity contribution >= 4 is 46.6 Å². The molecule has 1 aromatic heterocycles. The number of halogens is 1. The Kier molecular flexibility index (Phi) is 5.03. The first-order valence-corrected chi connectivity index (χ1v) is 10.0. The molecule has 2 aliphatic rings. The van der Waals surface area contributed by atoms with Gasteiger partial charge in [0.05, 0.1) is 29.0 Å². The summed E-state index contributed by atoms with van der Waals surface area (Å²) in [6.45, 7) is -0.271. The number of ether oxygens (including phenoxy) is 1. The van der Waals surface area contributed by atoms with Crippen LogP contribution in [-0.2, 0) is 16.1 Å². The van der Waals surface area contributed by atoms with Crippen molar-refractivity contribution in [2.24, 2.45) is 0 Å². The second-order valence-electron chi connectivity index (χ2n) is 6.50. The van der Waals surface area contributed by atoms with Crippen molar-refractivity contribution in [1.29, 1.82) is 0 Å². The number of anilines is 2. The molecule has 1 fully saturated rings. The standard InChI is InChI=1S/C18H17ClN4O4S/c1-27-13-5-2-10(6-12(13)19)21-15(24)8-22-18(26)17-14(7-20-22)28-9-16(25)23(17)11-3-4-11/h2,5-7,11H,3-4,8-9H2,1H3,(H,21,24). The summed E-state index contributed by atoms with van der Waals surface area (Å²) in [6.07, 6.45) is 3.31. The minimum atomic E-state index is -0.437. The molecular formula is C18H17ClN4O4S. The lowest BCUT2D eigenvalue weighted by Gasteiger charge is -2.28. The number of amides is 2. The molecular weight excluding hydrogens is 404 g/mol. The van der Waals surface area contributed by atoms with Gasteiger partial charge in [-0.05, 0) is 31.0 Å². The maximum atomic E-state index is 12.9. The van der Waals surface area contributed by atoms with E-state index in [1.165, 1.54) is 18.9 Å². The lowest BCUT2D eigenvalue weighted by atomic mass is 10.3. The second-order valence-corrected chi connectivity index (χ2v) is 7.93. The van der Waals surface area contributed by atoms with Crippen LogP contribution in [0.4, 0.5) is 11.4 Å². The molecule has 1 N–H and O–H groups in total. The molecule has 1 aliphatic heterocycles. The Bertz CT molecular complexity index is 1020. The molecule has 2 aromatic rings. The summed E-state index contributed by atoms with van der Waals surface area (Å²) in [4.78, 5) is 39.8. The summed E-state index contributed by atoms with van der Waals surface area (Å²) >= 11 is 7.36. The highest BCUT2D eigenvalue weighted by Crippen LogP contribution is 2.39. The normalized spacial score (nSPS) is 15.9. The van der Waals surface area contributed by atoms with Crippen LogP contribution in [0.1, 0.15) is 12.8 Å². The summed E-state index contributed by atoms with van der Waals surface area (Å²) in [6, 6.07) is 4.92. The zero-order chi connectivity index (χ0) is 19.8. The summed E-state index contributed by atoms with van der Waals surface area (Å²) in [7, 11) is 1.50. The third-order valence-electron chi connectivity index (χ3n) is 4.49. The first-order valence-electron chi connectivity index (χ1n) is 8.66. The molecule has 1 aromatic carbocycles. The lowest BCUT2D eigenvalue weighted by Crippen LogP contribution is -2.43. The van der Waals surface area contributed by atoms with Crippen molar-refractivity contribution in [2.75, 3.05) is 23.1 Å². The molecule has 0 radical (unpaired) electrons. The van der Waals surface area contributed by atoms with Crippen LogP contribution in [-0.4, -0.2) is 40.5 Å². The van der Waals surface area contributed by atoms with Crippen molar-refractivity contribution < 1.29 is 14.3 Å². The Morgan fingerprint density at radius 3 is 2.86 bits per heavy atom. The number of rotatable bonds is 5. The largest absolute Gasteiger partial charge is 0.495 e. The maximum absolute atomic E-state index is 12.9. The van der Waals surface area contributed by atoms with Crippen molar-refractivity contribution in [1.82, 2.24) is 9.78 Å². The zero-order valence-corrected chi connectivity index (χ0v) is 16.5. The summed E-state index contributed by atoms with van der Waals surface area (Å²) in [5, 5.41) is 7.14. The van der Waals surface area contributed by atoms with E-state index in [0.717, 1.165) is 17.5 Å². The van der Waals surface area contributed by atoms with Gasteiger partial charge in [-0.25, -0.2) is 4.68 Å². The van der Waals surface area contributed by atoms with E-state index in [2.05, 4.69) is 10.4 Å². The number of fused-ring (bicyclic) bond motifs is 1. The van der Waals surface area contributed by atoms with Crippen molar-refractivity contribution in [3.63, 3.8) is 0 Å². The van der Waals surface area contributed by atoms with Crippen LogP contribution < -0.4 is 20.5 Å². The van der Waals surface area contributed by atoms with E-state index in [4.69, 9.17) is 16.3 Å². The highest BCUT2D eigenvalue weighted by atomic mass is 35.5. The summed E-state index contributed by atoms with van der Waals surface area (Å²) in [5.74, 6) is 0.290. The monoisotopic (exact) mass is 420 g/mol. The van der Waals surface area contributed by atoms with Crippen LogP contribution in [0, 0.1) is 0 Å². The van der Waals surface area contributed by atoms with Gasteiger partial charge < -0.3 is 15.0 Å². The SMILES string of the molecule is COc1ccc(NC(=O)Cn2ncc3c(c2=O)N(C2CC2)C(=O)CS3)cc1Cl. The Hall–Kier alpha value is -2.52. The molecule has 0 atom stereocenters. The van der Waals surface area contributed by atoms with Crippen LogP contribution in [0.25, 0.3) is 0 Å². The van der Waals surface area contributed by atoms with E-state index < -0.39 is 11.5 Å². The quantitative estimate of drug-likeness (QED) is 0.796. The molecule has 8 nitrogen and oxygen atoms in total. The second kappa shape index (κ2) is 7.48. The number of hydrogen-bond donors (Lipinski definition) is 1. The van der Waals surface area contributed by atoms with E-state index in [9.17, 15) is 14.4 Å². The average Bonchev–Trinajstić information content (AvgIpc) is 3.49. The molecule has 2 heterocycles. The van der Waals surface area contributed by atoms with Gasteiger partial charge in [-0.15, -0.1) is 11.8 Å². The number of nitrogens with zero attached hydrogens (tertiary/aromatic N) is 3. The Balaban J connectivity index is 1.55. The topological polar surface area (TPSA) is 93.5 Å². The molecule has 1 aliphatic carbocycles. The fourth-order valence-corrected chi connectivity index (χ4v) is 4.16. The van der Waals surface area contributed by atoms with Crippen molar-refractivity contribution in [3.05, 3.63) is 39.8 Å². The molecule has 1 saturated carbocycles. The van der Waals surface area contributed by atoms with E-state index in [0.29, 0.717) is 32.8 Å². The number of benzene rings is 1. The number of methoxy groups -OCH3 is 1. The van der Waals surface area contributed by atoms with E-state index in [1.54, 1.807) is 29.3 Å². The number of carbonyl (C=O) groups excluding carboxylic acids is 2. The third kappa shape index (κ3) is 3.59. The molecule has 28 heavy (non-hydrogen) atoms. The molecule has 0 spiro atoms. The van der Waals surface area contributed by atoms with E-state index >= 15 is 0 Å². The molecule has 0 bridgehead atoms. The van der Waals surface area contributed by atoms with Crippen LogP contribution in [0.15, 0.2) is 34.1 Å². The molecule has 146 valence electrons. The molecule has 0 saturated heterocycles. The molecule has 0 unspecified atom stereocenters. The highest BCUT2D eigenvalue weighted by molar-refractivity contribution is 8.00. The Morgan fingerprint density at radius 2 is 2.18 bits per heavy atom. The van der Waals surface area contributed by atoms with Crippen LogP contribution >= 0.6 is 23.4 Å². The zero-order valence-electron chi connectivity index (χ0n) is 15.0. The van der Waals surface area contributed by atoms with E-state index in [-0.39, 0.29) is 18.5 Å². The smallest absolute Gasteiger partial charge is 0.292 e. The number of carbonyl (C=O) groups is 2. The third-order valence-corrected chi connectivity index (χ3v) is 5.78. The number of nitrogens with one attached hydrogen (secondary N) is 1. The van der Waals surface area contributed by atoms with Crippen LogP contribution in [0.2, 0.25) is 5.02 Å². The van der Waals surface area contributed by atoms with Gasteiger partial charge in [-0.2, -0.15) is 5.10 Å². The fraction of sp³-hybridized carbons (Fsp3) is 0.333. The number of thioether (sulfide) groups is 1. The summed E-state index contributed by atoms with van der Waals surface area (Å²) < 4.78 is 6.16. The predicted octanol–water partition coefficient (Wildman–Crippen LogP) is 2.15.